The highest BCUT2D eigenvalue weighted by atomic mass is 19.1. The number of nitro benzene ring substituents is 1. The van der Waals surface area contributed by atoms with Gasteiger partial charge in [-0.2, -0.15) is 0 Å². The van der Waals surface area contributed by atoms with Crippen molar-refractivity contribution in [2.45, 2.75) is 25.9 Å². The summed E-state index contributed by atoms with van der Waals surface area (Å²) in [6.07, 6.45) is 1.02. The molecule has 1 aliphatic rings. The molecule has 0 radical (unpaired) electrons. The Kier molecular flexibility index (Phi) is 4.11. The van der Waals surface area contributed by atoms with Crippen molar-refractivity contribution < 1.29 is 9.31 Å². The molecule has 2 atom stereocenters. The predicted molar refractivity (Wildman–Crippen MR) is 70.1 cm³/mol. The van der Waals surface area contributed by atoms with Gasteiger partial charge in [-0.05, 0) is 37.4 Å². The van der Waals surface area contributed by atoms with Crippen LogP contribution in [0.15, 0.2) is 18.2 Å². The summed E-state index contributed by atoms with van der Waals surface area (Å²) >= 11 is 0. The molecule has 1 aromatic carbocycles. The molecule has 6 heteroatoms. The monoisotopic (exact) mass is 267 g/mol. The van der Waals surface area contributed by atoms with Gasteiger partial charge in [0.2, 0.25) is 0 Å². The minimum absolute atomic E-state index is 0.197. The molecule has 0 saturated carbocycles. The van der Waals surface area contributed by atoms with Crippen molar-refractivity contribution in [3.05, 3.63) is 39.7 Å². The number of nitrogens with two attached hydrogens (primary N) is 1. The molecule has 2 unspecified atom stereocenters. The average Bonchev–Trinajstić information content (AvgIpc) is 2.69. The number of nitrogens with zero attached hydrogens (tertiary/aromatic N) is 2. The van der Waals surface area contributed by atoms with Gasteiger partial charge in [0.1, 0.15) is 5.82 Å². The molecule has 0 spiro atoms. The van der Waals surface area contributed by atoms with Gasteiger partial charge < -0.3 is 5.73 Å². The number of rotatable bonds is 4. The van der Waals surface area contributed by atoms with Crippen molar-refractivity contribution in [3.8, 4) is 0 Å². The van der Waals surface area contributed by atoms with Crippen LogP contribution in [-0.2, 0) is 6.54 Å². The van der Waals surface area contributed by atoms with E-state index in [4.69, 9.17) is 5.73 Å². The smallest absolute Gasteiger partial charge is 0.272 e. The lowest BCUT2D eigenvalue weighted by atomic mass is 10.1. The molecular weight excluding hydrogens is 249 g/mol. The van der Waals surface area contributed by atoms with Gasteiger partial charge in [-0.15, -0.1) is 0 Å². The molecule has 0 bridgehead atoms. The molecule has 1 saturated heterocycles. The van der Waals surface area contributed by atoms with Crippen molar-refractivity contribution in [1.29, 1.82) is 0 Å². The maximum absolute atomic E-state index is 13.4. The van der Waals surface area contributed by atoms with E-state index in [2.05, 4.69) is 11.8 Å². The largest absolute Gasteiger partial charge is 0.330 e. The van der Waals surface area contributed by atoms with Crippen LogP contribution in [-0.4, -0.2) is 29.0 Å². The SMILES string of the molecule is CC1CC(CN)CN1Cc1cc(F)cc([N+](=O)[O-])c1. The van der Waals surface area contributed by atoms with Crippen LogP contribution < -0.4 is 5.73 Å². The first kappa shape index (κ1) is 13.9. The van der Waals surface area contributed by atoms with Crippen molar-refractivity contribution in [2.75, 3.05) is 13.1 Å². The number of nitro groups is 1. The Morgan fingerprint density at radius 1 is 1.53 bits per heavy atom. The zero-order valence-corrected chi connectivity index (χ0v) is 10.9. The Bertz CT molecular complexity index is 481. The van der Waals surface area contributed by atoms with E-state index in [0.29, 0.717) is 30.6 Å². The molecule has 1 aliphatic heterocycles. The zero-order valence-electron chi connectivity index (χ0n) is 10.9. The first-order valence-corrected chi connectivity index (χ1v) is 6.37. The Hall–Kier alpha value is -1.53. The standard InChI is InChI=1S/C13H18FN3O2/c1-9-2-11(6-15)8-16(9)7-10-3-12(14)5-13(4-10)17(18)19/h3-5,9,11H,2,6-8,15H2,1H3. The molecule has 104 valence electrons. The van der Waals surface area contributed by atoms with Crippen molar-refractivity contribution in [1.82, 2.24) is 4.90 Å². The van der Waals surface area contributed by atoms with Crippen LogP contribution in [0.1, 0.15) is 18.9 Å². The second-order valence-corrected chi connectivity index (χ2v) is 5.19. The van der Waals surface area contributed by atoms with E-state index in [9.17, 15) is 14.5 Å². The summed E-state index contributed by atoms with van der Waals surface area (Å²) in [4.78, 5) is 12.3. The highest BCUT2D eigenvalue weighted by molar-refractivity contribution is 5.35. The molecule has 2 rings (SSSR count). The summed E-state index contributed by atoms with van der Waals surface area (Å²) in [6, 6.07) is 4.11. The topological polar surface area (TPSA) is 72.4 Å². The minimum atomic E-state index is -0.567. The average molecular weight is 267 g/mol. The predicted octanol–water partition coefficient (Wildman–Crippen LogP) is 1.90. The maximum atomic E-state index is 13.4. The van der Waals surface area contributed by atoms with Gasteiger partial charge in [0.05, 0.1) is 11.0 Å². The fraction of sp³-hybridized carbons (Fsp3) is 0.538. The van der Waals surface area contributed by atoms with Crippen molar-refractivity contribution in [2.24, 2.45) is 11.7 Å². The van der Waals surface area contributed by atoms with Crippen molar-refractivity contribution in [3.63, 3.8) is 0 Å². The van der Waals surface area contributed by atoms with Gasteiger partial charge in [0, 0.05) is 25.2 Å². The molecular formula is C13H18FN3O2. The van der Waals surface area contributed by atoms with E-state index < -0.39 is 10.7 Å². The second-order valence-electron chi connectivity index (χ2n) is 5.19. The minimum Gasteiger partial charge on any atom is -0.330 e. The summed E-state index contributed by atoms with van der Waals surface area (Å²) in [6.45, 7) is 4.13. The van der Waals surface area contributed by atoms with Crippen LogP contribution in [0, 0.1) is 21.8 Å². The molecule has 1 fully saturated rings. The third-order valence-electron chi connectivity index (χ3n) is 3.66. The molecule has 0 aliphatic carbocycles. The highest BCUT2D eigenvalue weighted by Gasteiger charge is 2.28. The summed E-state index contributed by atoms with van der Waals surface area (Å²) in [5, 5.41) is 10.7. The lowest BCUT2D eigenvalue weighted by Crippen LogP contribution is -2.27. The first-order valence-electron chi connectivity index (χ1n) is 6.37. The zero-order chi connectivity index (χ0) is 14.0. The number of non-ortho nitro benzene ring substituents is 1. The van der Waals surface area contributed by atoms with Crippen LogP contribution in [0.4, 0.5) is 10.1 Å². The highest BCUT2D eigenvalue weighted by Crippen LogP contribution is 2.25. The van der Waals surface area contributed by atoms with Gasteiger partial charge in [-0.1, -0.05) is 0 Å². The van der Waals surface area contributed by atoms with Gasteiger partial charge >= 0.3 is 0 Å². The van der Waals surface area contributed by atoms with E-state index in [-0.39, 0.29) is 5.69 Å². The van der Waals surface area contributed by atoms with E-state index >= 15 is 0 Å². The normalized spacial score (nSPS) is 23.7. The summed E-state index contributed by atoms with van der Waals surface area (Å²) < 4.78 is 13.4. The molecule has 19 heavy (non-hydrogen) atoms. The van der Waals surface area contributed by atoms with E-state index in [1.165, 1.54) is 12.1 Å². The van der Waals surface area contributed by atoms with E-state index in [1.54, 1.807) is 0 Å². The lowest BCUT2D eigenvalue weighted by Gasteiger charge is -2.20. The van der Waals surface area contributed by atoms with Gasteiger partial charge in [-0.3, -0.25) is 15.0 Å². The third-order valence-corrected chi connectivity index (χ3v) is 3.66. The van der Waals surface area contributed by atoms with Gasteiger partial charge in [0.15, 0.2) is 0 Å². The molecule has 2 N–H and O–H groups in total. The number of benzene rings is 1. The van der Waals surface area contributed by atoms with E-state index in [1.807, 2.05) is 0 Å². The number of likely N-dealkylation sites (tertiary alicyclic amines) is 1. The van der Waals surface area contributed by atoms with Crippen LogP contribution in [0.5, 0.6) is 0 Å². The quantitative estimate of drug-likeness (QED) is 0.668. The molecule has 0 aromatic heterocycles. The Labute approximate surface area is 111 Å². The van der Waals surface area contributed by atoms with Crippen LogP contribution in [0.3, 0.4) is 0 Å². The molecule has 1 heterocycles. The fourth-order valence-corrected chi connectivity index (χ4v) is 2.67. The third kappa shape index (κ3) is 3.27. The maximum Gasteiger partial charge on any atom is 0.272 e. The van der Waals surface area contributed by atoms with Crippen molar-refractivity contribution >= 4 is 5.69 Å². The number of hydrogen-bond acceptors (Lipinski definition) is 4. The molecule has 0 amide bonds. The summed E-state index contributed by atoms with van der Waals surface area (Å²) in [7, 11) is 0. The van der Waals surface area contributed by atoms with Crippen LogP contribution in [0.2, 0.25) is 0 Å². The van der Waals surface area contributed by atoms with Gasteiger partial charge in [-0.25, -0.2) is 4.39 Å². The number of hydrogen-bond donors (Lipinski definition) is 1. The first-order chi connectivity index (χ1) is 8.99. The lowest BCUT2D eigenvalue weighted by molar-refractivity contribution is -0.385. The van der Waals surface area contributed by atoms with Crippen LogP contribution in [0.25, 0.3) is 0 Å². The summed E-state index contributed by atoms with van der Waals surface area (Å²) in [5.74, 6) is -0.107. The Morgan fingerprint density at radius 2 is 2.26 bits per heavy atom. The summed E-state index contributed by atoms with van der Waals surface area (Å²) in [5.41, 5.74) is 6.10. The fourth-order valence-electron chi connectivity index (χ4n) is 2.67. The molecule has 1 aromatic rings. The Morgan fingerprint density at radius 3 is 2.84 bits per heavy atom. The van der Waals surface area contributed by atoms with Gasteiger partial charge in [0.25, 0.3) is 5.69 Å². The van der Waals surface area contributed by atoms with Crippen LogP contribution >= 0.6 is 0 Å². The Balaban J connectivity index is 2.13. The van der Waals surface area contributed by atoms with E-state index in [0.717, 1.165) is 19.0 Å². The second kappa shape index (κ2) is 5.63. The number of halogens is 1. The molecule has 5 nitrogen and oxygen atoms in total.